The second-order valence-electron chi connectivity index (χ2n) is 12.4. The first-order valence-corrected chi connectivity index (χ1v) is 18.3. The van der Waals surface area contributed by atoms with Crippen LogP contribution in [0.4, 0.5) is 5.69 Å². The molecular weight excluding hydrogens is 679 g/mol. The van der Waals surface area contributed by atoms with Crippen molar-refractivity contribution in [1.82, 2.24) is 9.88 Å². The Hall–Kier alpha value is -6.38. The molecule has 6 aromatic carbocycles. The average molecular weight is 716 g/mol. The summed E-state index contributed by atoms with van der Waals surface area (Å²) in [6.45, 7) is 2.44. The van der Waals surface area contributed by atoms with Crippen LogP contribution in [0, 0.1) is 0 Å². The van der Waals surface area contributed by atoms with Crippen LogP contribution in [0.1, 0.15) is 39.6 Å². The van der Waals surface area contributed by atoms with Gasteiger partial charge >= 0.3 is 0 Å². The summed E-state index contributed by atoms with van der Waals surface area (Å²) in [6, 6.07) is 49.3. The molecule has 0 bridgehead atoms. The third-order valence-corrected chi connectivity index (χ3v) is 10.1. The first-order chi connectivity index (χ1) is 26.0. The number of aromatic nitrogens is 1. The topological polar surface area (TPSA) is 89.4 Å². The quantitative estimate of drug-likeness (QED) is 0.0971. The summed E-state index contributed by atoms with van der Waals surface area (Å²) in [7, 11) is 0. The molecule has 7 nitrogen and oxygen atoms in total. The summed E-state index contributed by atoms with van der Waals surface area (Å²) in [5, 5.41) is 7.46. The zero-order valence-electron chi connectivity index (χ0n) is 29.1. The van der Waals surface area contributed by atoms with Crippen LogP contribution in [-0.2, 0) is 11.4 Å². The molecule has 0 radical (unpaired) electrons. The van der Waals surface area contributed by atoms with Crippen molar-refractivity contribution in [3.63, 3.8) is 0 Å². The summed E-state index contributed by atoms with van der Waals surface area (Å²) in [5.74, 6) is -0.223. The summed E-state index contributed by atoms with van der Waals surface area (Å²) in [6.07, 6.45) is 2.24. The van der Waals surface area contributed by atoms with Crippen molar-refractivity contribution in [2.24, 2.45) is 0 Å². The molecule has 53 heavy (non-hydrogen) atoms. The SMILES string of the molecule is CCC(Sc1cccc(NC(=O)/C(=C\c2ccc(OCc3ccccc3)cc2)NC(=O)c2ccccc2)c1)C(=O)n1c2ccccc2c2ccccc21. The van der Waals surface area contributed by atoms with E-state index in [1.54, 1.807) is 36.4 Å². The summed E-state index contributed by atoms with van der Waals surface area (Å²) in [5.41, 5.74) is 4.55. The lowest BCUT2D eigenvalue weighted by Crippen LogP contribution is -2.30. The zero-order chi connectivity index (χ0) is 36.6. The predicted molar refractivity (Wildman–Crippen MR) is 214 cm³/mol. The van der Waals surface area contributed by atoms with Crippen molar-refractivity contribution in [2.45, 2.75) is 30.1 Å². The van der Waals surface area contributed by atoms with Crippen molar-refractivity contribution >= 4 is 63.1 Å². The zero-order valence-corrected chi connectivity index (χ0v) is 29.9. The molecule has 2 N–H and O–H groups in total. The van der Waals surface area contributed by atoms with Crippen molar-refractivity contribution in [3.05, 3.63) is 180 Å². The molecule has 0 aliphatic heterocycles. The van der Waals surface area contributed by atoms with Crippen LogP contribution < -0.4 is 15.4 Å². The molecular formula is C45H37N3O4S. The number of rotatable bonds is 12. The third-order valence-electron chi connectivity index (χ3n) is 8.79. The maximum absolute atomic E-state index is 14.2. The number of nitrogens with zero attached hydrogens (tertiary/aromatic N) is 1. The number of hydrogen-bond donors (Lipinski definition) is 2. The summed E-state index contributed by atoms with van der Waals surface area (Å²) >= 11 is 1.46. The van der Waals surface area contributed by atoms with Crippen LogP contribution >= 0.6 is 11.8 Å². The van der Waals surface area contributed by atoms with Crippen molar-refractivity contribution in [1.29, 1.82) is 0 Å². The van der Waals surface area contributed by atoms with Gasteiger partial charge in [0.25, 0.3) is 11.8 Å². The molecule has 262 valence electrons. The minimum Gasteiger partial charge on any atom is -0.489 e. The number of thioether (sulfide) groups is 1. The summed E-state index contributed by atoms with van der Waals surface area (Å²) < 4.78 is 7.75. The molecule has 7 rings (SSSR count). The molecule has 0 saturated heterocycles. The minimum absolute atomic E-state index is 0.00494. The highest BCUT2D eigenvalue weighted by atomic mass is 32.2. The van der Waals surface area contributed by atoms with Gasteiger partial charge in [-0.25, -0.2) is 0 Å². The van der Waals surface area contributed by atoms with Crippen LogP contribution in [0.15, 0.2) is 168 Å². The molecule has 1 heterocycles. The number of benzene rings is 6. The maximum atomic E-state index is 14.2. The fraction of sp³-hybridized carbons (Fsp3) is 0.0889. The van der Waals surface area contributed by atoms with Gasteiger partial charge in [0.05, 0.1) is 16.3 Å². The highest BCUT2D eigenvalue weighted by Crippen LogP contribution is 2.33. The number of para-hydroxylation sites is 2. The Morgan fingerprint density at radius 3 is 2.00 bits per heavy atom. The van der Waals surface area contributed by atoms with E-state index in [4.69, 9.17) is 4.74 Å². The molecule has 0 fully saturated rings. The van der Waals surface area contributed by atoms with Crippen LogP contribution in [0.2, 0.25) is 0 Å². The van der Waals surface area contributed by atoms with Gasteiger partial charge in [0.1, 0.15) is 18.1 Å². The summed E-state index contributed by atoms with van der Waals surface area (Å²) in [4.78, 5) is 42.0. The number of carbonyl (C=O) groups excluding carboxylic acids is 3. The smallest absolute Gasteiger partial charge is 0.272 e. The fourth-order valence-corrected chi connectivity index (χ4v) is 7.19. The van der Waals surface area contributed by atoms with E-state index in [9.17, 15) is 14.4 Å². The molecule has 2 amide bonds. The number of anilines is 1. The standard InChI is InChI=1S/C45H37N3O4S/c1-2-42(45(51)48-40-22-11-9-20-37(40)38-21-10-12-23-41(38)48)53-36-19-13-18-34(29-36)46-44(50)39(47-43(49)33-16-7-4-8-17-33)28-31-24-26-35(27-25-31)52-30-32-14-5-3-6-15-32/h3-29,42H,2,30H2,1H3,(H,46,50)(H,47,49)/b39-28+. The molecule has 1 unspecified atom stereocenters. The second kappa shape index (κ2) is 16.3. The van der Waals surface area contributed by atoms with Gasteiger partial charge < -0.3 is 15.4 Å². The predicted octanol–water partition coefficient (Wildman–Crippen LogP) is 9.99. The molecule has 1 aromatic heterocycles. The number of ether oxygens (including phenoxy) is 1. The minimum atomic E-state index is -0.491. The van der Waals surface area contributed by atoms with E-state index in [0.717, 1.165) is 32.3 Å². The van der Waals surface area contributed by atoms with Crippen LogP contribution in [0.25, 0.3) is 27.9 Å². The number of carbonyl (C=O) groups is 3. The van der Waals surface area contributed by atoms with Gasteiger partial charge in [-0.1, -0.05) is 110 Å². The van der Waals surface area contributed by atoms with E-state index in [2.05, 4.69) is 10.6 Å². The fourth-order valence-electron chi connectivity index (χ4n) is 6.13. The first-order valence-electron chi connectivity index (χ1n) is 17.4. The Labute approximate surface area is 312 Å². The maximum Gasteiger partial charge on any atom is 0.272 e. The van der Waals surface area contributed by atoms with Crippen molar-refractivity contribution in [3.8, 4) is 5.75 Å². The average Bonchev–Trinajstić information content (AvgIpc) is 3.54. The largest absolute Gasteiger partial charge is 0.489 e. The second-order valence-corrected chi connectivity index (χ2v) is 13.7. The van der Waals surface area contributed by atoms with Gasteiger partial charge in [-0.05, 0) is 78.2 Å². The monoisotopic (exact) mass is 715 g/mol. The molecule has 8 heteroatoms. The molecule has 0 aliphatic carbocycles. The van der Waals surface area contributed by atoms with Crippen molar-refractivity contribution < 1.29 is 19.1 Å². The van der Waals surface area contributed by atoms with Gasteiger partial charge in [-0.2, -0.15) is 0 Å². The number of nitrogens with one attached hydrogen (secondary N) is 2. The Balaban J connectivity index is 1.10. The van der Waals surface area contributed by atoms with Crippen LogP contribution in [0.3, 0.4) is 0 Å². The van der Waals surface area contributed by atoms with E-state index < -0.39 is 11.8 Å². The van der Waals surface area contributed by atoms with Gasteiger partial charge in [0.2, 0.25) is 5.91 Å². The van der Waals surface area contributed by atoms with E-state index in [1.165, 1.54) is 11.8 Å². The molecule has 7 aromatic rings. The highest BCUT2D eigenvalue weighted by molar-refractivity contribution is 8.00. The molecule has 0 spiro atoms. The Bertz CT molecular complexity index is 2370. The number of hydrogen-bond acceptors (Lipinski definition) is 5. The van der Waals surface area contributed by atoms with Crippen molar-refractivity contribution in [2.75, 3.05) is 5.32 Å². The Morgan fingerprint density at radius 2 is 1.34 bits per heavy atom. The Kier molecular flexibility index (Phi) is 10.8. The van der Waals surface area contributed by atoms with Gasteiger partial charge in [-0.15, -0.1) is 11.8 Å². The highest BCUT2D eigenvalue weighted by Gasteiger charge is 2.24. The lowest BCUT2D eigenvalue weighted by molar-refractivity contribution is -0.113. The van der Waals surface area contributed by atoms with E-state index in [0.29, 0.717) is 35.6 Å². The van der Waals surface area contributed by atoms with Gasteiger partial charge in [0, 0.05) is 26.9 Å². The molecule has 1 atom stereocenters. The molecule has 0 aliphatic rings. The third kappa shape index (κ3) is 8.24. The van der Waals surface area contributed by atoms with E-state index in [-0.39, 0.29) is 16.9 Å². The van der Waals surface area contributed by atoms with Gasteiger partial charge in [0.15, 0.2) is 0 Å². The van der Waals surface area contributed by atoms with E-state index >= 15 is 0 Å². The normalized spacial score (nSPS) is 12.0. The number of fused-ring (bicyclic) bond motifs is 3. The Morgan fingerprint density at radius 1 is 0.717 bits per heavy atom. The van der Waals surface area contributed by atoms with Crippen LogP contribution in [0.5, 0.6) is 5.75 Å². The van der Waals surface area contributed by atoms with E-state index in [1.807, 2.05) is 139 Å². The molecule has 0 saturated carbocycles. The van der Waals surface area contributed by atoms with Gasteiger partial charge in [-0.3, -0.25) is 19.0 Å². The first kappa shape index (κ1) is 35.0. The lowest BCUT2D eigenvalue weighted by atomic mass is 10.1. The lowest BCUT2D eigenvalue weighted by Gasteiger charge is -2.17. The van der Waals surface area contributed by atoms with Crippen LogP contribution in [-0.4, -0.2) is 27.5 Å². The number of amides is 2.